The first kappa shape index (κ1) is 13.2. The average Bonchev–Trinajstić information content (AvgIpc) is 3.05. The van der Waals surface area contributed by atoms with Gasteiger partial charge in [0.15, 0.2) is 5.96 Å². The Bertz CT molecular complexity index is 657. The van der Waals surface area contributed by atoms with Gasteiger partial charge in [-0.15, -0.1) is 11.3 Å². The molecule has 0 aliphatic carbocycles. The number of nitrogens with two attached hydrogens (primary N) is 1. The van der Waals surface area contributed by atoms with Crippen molar-refractivity contribution in [2.75, 3.05) is 18.6 Å². The summed E-state index contributed by atoms with van der Waals surface area (Å²) in [5, 5.41) is 0.905. The number of methoxy groups -OCH3 is 1. The molecule has 1 aromatic carbocycles. The molecular weight excluding hydrogens is 296 g/mol. The monoisotopic (exact) mass is 308 g/mol. The van der Waals surface area contributed by atoms with E-state index >= 15 is 0 Å². The smallest absolute Gasteiger partial charge is 0.196 e. The fourth-order valence-corrected chi connectivity index (χ4v) is 3.19. The van der Waals surface area contributed by atoms with Crippen molar-refractivity contribution in [1.82, 2.24) is 4.98 Å². The van der Waals surface area contributed by atoms with Crippen LogP contribution in [-0.2, 0) is 0 Å². The third-order valence-electron chi connectivity index (χ3n) is 3.10. The van der Waals surface area contributed by atoms with Gasteiger partial charge in [-0.3, -0.25) is 4.99 Å². The maximum absolute atomic E-state index is 6.02. The Kier molecular flexibility index (Phi) is 3.50. The van der Waals surface area contributed by atoms with E-state index in [0.717, 1.165) is 16.4 Å². The molecule has 1 unspecified atom stereocenters. The number of benzene rings is 1. The van der Waals surface area contributed by atoms with Gasteiger partial charge in [-0.1, -0.05) is 17.7 Å². The van der Waals surface area contributed by atoms with E-state index in [2.05, 4.69) is 9.98 Å². The van der Waals surface area contributed by atoms with Crippen molar-refractivity contribution in [3.63, 3.8) is 0 Å². The molecule has 0 saturated carbocycles. The highest BCUT2D eigenvalue weighted by Gasteiger charge is 2.31. The fraction of sp³-hybridized carbons (Fsp3) is 0.231. The molecule has 0 bridgehead atoms. The van der Waals surface area contributed by atoms with Crippen LogP contribution in [0.2, 0.25) is 4.34 Å². The second-order valence-corrected chi connectivity index (χ2v) is 5.98. The summed E-state index contributed by atoms with van der Waals surface area (Å²) in [5.41, 5.74) is 6.95. The first-order chi connectivity index (χ1) is 9.69. The topological polar surface area (TPSA) is 63.7 Å². The van der Waals surface area contributed by atoms with Crippen molar-refractivity contribution in [3.05, 3.63) is 39.8 Å². The van der Waals surface area contributed by atoms with Crippen molar-refractivity contribution in [3.8, 4) is 5.75 Å². The second kappa shape index (κ2) is 5.30. The quantitative estimate of drug-likeness (QED) is 0.947. The van der Waals surface area contributed by atoms with Crippen molar-refractivity contribution in [1.29, 1.82) is 0 Å². The van der Waals surface area contributed by atoms with Crippen LogP contribution in [-0.4, -0.2) is 24.6 Å². The number of rotatable bonds is 3. The Morgan fingerprint density at radius 1 is 1.50 bits per heavy atom. The predicted octanol–water partition coefficient (Wildman–Crippen LogP) is 2.68. The van der Waals surface area contributed by atoms with Crippen molar-refractivity contribution >= 4 is 34.6 Å². The molecule has 20 heavy (non-hydrogen) atoms. The first-order valence-corrected chi connectivity index (χ1v) is 7.23. The molecule has 1 aromatic heterocycles. The van der Waals surface area contributed by atoms with Crippen molar-refractivity contribution < 1.29 is 4.74 Å². The largest absolute Gasteiger partial charge is 0.497 e. The highest BCUT2D eigenvalue weighted by molar-refractivity contribution is 7.15. The lowest BCUT2D eigenvalue weighted by Gasteiger charge is -2.25. The summed E-state index contributed by atoms with van der Waals surface area (Å²) in [5.74, 6) is 1.26. The van der Waals surface area contributed by atoms with E-state index in [1.807, 2.05) is 29.2 Å². The molecule has 1 aliphatic rings. The molecule has 2 heterocycles. The highest BCUT2D eigenvalue weighted by Crippen LogP contribution is 2.35. The number of nitrogens with zero attached hydrogens (tertiary/aromatic N) is 3. The standard InChI is InChI=1S/C13H13ClN4OS/c1-19-9-4-2-3-8(5-9)18-10(6-17-13(18)15)12-16-7-11(14)20-12/h2-5,7,10H,6H2,1H3,(H2,15,17). The van der Waals surface area contributed by atoms with Gasteiger partial charge in [-0.05, 0) is 12.1 Å². The van der Waals surface area contributed by atoms with Gasteiger partial charge in [0.25, 0.3) is 0 Å². The van der Waals surface area contributed by atoms with Crippen LogP contribution in [0.4, 0.5) is 5.69 Å². The van der Waals surface area contributed by atoms with Crippen LogP contribution < -0.4 is 15.4 Å². The first-order valence-electron chi connectivity index (χ1n) is 6.03. The summed E-state index contributed by atoms with van der Waals surface area (Å²) in [6.07, 6.45) is 1.65. The summed E-state index contributed by atoms with van der Waals surface area (Å²) < 4.78 is 5.92. The van der Waals surface area contributed by atoms with Gasteiger partial charge in [-0.25, -0.2) is 4.98 Å². The van der Waals surface area contributed by atoms with Crippen LogP contribution in [0.15, 0.2) is 35.5 Å². The number of thiazole rings is 1. The van der Waals surface area contributed by atoms with Gasteiger partial charge in [0, 0.05) is 11.8 Å². The lowest BCUT2D eigenvalue weighted by molar-refractivity contribution is 0.415. The third kappa shape index (κ3) is 2.32. The van der Waals surface area contributed by atoms with E-state index in [0.29, 0.717) is 16.8 Å². The van der Waals surface area contributed by atoms with E-state index in [1.54, 1.807) is 13.3 Å². The average molecular weight is 309 g/mol. The minimum atomic E-state index is -0.0143. The maximum atomic E-state index is 6.02. The van der Waals surface area contributed by atoms with Crippen LogP contribution in [0.5, 0.6) is 5.75 Å². The van der Waals surface area contributed by atoms with Crippen molar-refractivity contribution in [2.45, 2.75) is 6.04 Å². The molecular formula is C13H13ClN4OS. The Morgan fingerprint density at radius 3 is 3.05 bits per heavy atom. The molecule has 7 heteroatoms. The van der Waals surface area contributed by atoms with Gasteiger partial charge >= 0.3 is 0 Å². The number of aromatic nitrogens is 1. The number of halogens is 1. The molecule has 1 aliphatic heterocycles. The normalized spacial score (nSPS) is 18.2. The zero-order valence-corrected chi connectivity index (χ0v) is 12.4. The van der Waals surface area contributed by atoms with Crippen LogP contribution in [0.3, 0.4) is 0 Å². The lowest BCUT2D eigenvalue weighted by Crippen LogP contribution is -2.36. The number of anilines is 1. The summed E-state index contributed by atoms with van der Waals surface area (Å²) in [6.45, 7) is 0.576. The fourth-order valence-electron chi connectivity index (χ4n) is 2.18. The van der Waals surface area contributed by atoms with Gasteiger partial charge in [0.1, 0.15) is 21.1 Å². The van der Waals surface area contributed by atoms with E-state index in [-0.39, 0.29) is 6.04 Å². The Morgan fingerprint density at radius 2 is 2.35 bits per heavy atom. The van der Waals surface area contributed by atoms with Crippen LogP contribution in [0.25, 0.3) is 0 Å². The van der Waals surface area contributed by atoms with E-state index in [1.165, 1.54) is 11.3 Å². The number of aliphatic imine (C=N–C) groups is 1. The van der Waals surface area contributed by atoms with Crippen LogP contribution in [0, 0.1) is 0 Å². The van der Waals surface area contributed by atoms with E-state index < -0.39 is 0 Å². The summed E-state index contributed by atoms with van der Waals surface area (Å²) in [6, 6.07) is 7.70. The zero-order valence-electron chi connectivity index (χ0n) is 10.8. The van der Waals surface area contributed by atoms with Gasteiger partial charge < -0.3 is 15.4 Å². The minimum absolute atomic E-state index is 0.0143. The van der Waals surface area contributed by atoms with Gasteiger partial charge in [-0.2, -0.15) is 0 Å². The molecule has 0 fully saturated rings. The lowest BCUT2D eigenvalue weighted by atomic mass is 10.2. The summed E-state index contributed by atoms with van der Waals surface area (Å²) in [7, 11) is 1.64. The molecule has 0 amide bonds. The Labute approximate surface area is 125 Å². The second-order valence-electron chi connectivity index (χ2n) is 4.29. The molecule has 2 aromatic rings. The Hall–Kier alpha value is -1.79. The molecule has 5 nitrogen and oxygen atoms in total. The zero-order chi connectivity index (χ0) is 14.1. The number of ether oxygens (including phenoxy) is 1. The van der Waals surface area contributed by atoms with Crippen molar-refractivity contribution in [2.24, 2.45) is 10.7 Å². The van der Waals surface area contributed by atoms with Crippen LogP contribution >= 0.6 is 22.9 Å². The van der Waals surface area contributed by atoms with Gasteiger partial charge in [0.2, 0.25) is 0 Å². The number of hydrogen-bond donors (Lipinski definition) is 1. The highest BCUT2D eigenvalue weighted by atomic mass is 35.5. The third-order valence-corrected chi connectivity index (χ3v) is 4.31. The molecule has 2 N–H and O–H groups in total. The molecule has 3 rings (SSSR count). The summed E-state index contributed by atoms with van der Waals surface area (Å²) in [4.78, 5) is 10.6. The molecule has 0 radical (unpaired) electrons. The number of guanidine groups is 1. The van der Waals surface area contributed by atoms with Crippen LogP contribution in [0.1, 0.15) is 11.0 Å². The number of hydrogen-bond acceptors (Lipinski definition) is 6. The molecule has 104 valence electrons. The summed E-state index contributed by atoms with van der Waals surface area (Å²) >= 11 is 7.41. The van der Waals surface area contributed by atoms with E-state index in [9.17, 15) is 0 Å². The maximum Gasteiger partial charge on any atom is 0.196 e. The van der Waals surface area contributed by atoms with Gasteiger partial charge in [0.05, 0.1) is 19.9 Å². The molecule has 0 spiro atoms. The minimum Gasteiger partial charge on any atom is -0.497 e. The molecule has 0 saturated heterocycles. The van der Waals surface area contributed by atoms with E-state index in [4.69, 9.17) is 22.1 Å². The molecule has 1 atom stereocenters. The Balaban J connectivity index is 1.97. The SMILES string of the molecule is COc1cccc(N2C(N)=NCC2c2ncc(Cl)s2)c1. The predicted molar refractivity (Wildman–Crippen MR) is 81.8 cm³/mol.